The standard InChI is InChI=1S/C29H21Cl2FN4O3/c30-20-8-13-24(25(31)15-20)28(38)35(16-23-7-4-14-39-23)18-27(37)34-29-33-26(19-5-2-1-3-6-19)17-36(29)22-11-9-21(32)10-12-22/h1-15,17H,16,18H2,(H,33,34,37). The van der Waals surface area contributed by atoms with Crippen molar-refractivity contribution in [1.82, 2.24) is 14.5 Å². The Morgan fingerprint density at radius 3 is 2.44 bits per heavy atom. The van der Waals surface area contributed by atoms with E-state index in [4.69, 9.17) is 27.6 Å². The number of nitrogens with zero attached hydrogens (tertiary/aromatic N) is 3. The SMILES string of the molecule is O=C(CN(Cc1ccco1)C(=O)c1ccc(Cl)cc1Cl)Nc1nc(-c2ccccc2)cn1-c1ccc(F)cc1. The van der Waals surface area contributed by atoms with Crippen LogP contribution in [0, 0.1) is 5.82 Å². The first-order valence-corrected chi connectivity index (χ1v) is 12.6. The number of halogens is 3. The summed E-state index contributed by atoms with van der Waals surface area (Å²) < 4.78 is 20.7. The quantitative estimate of drug-likeness (QED) is 0.224. The molecule has 7 nitrogen and oxygen atoms in total. The minimum atomic E-state index is -0.506. The summed E-state index contributed by atoms with van der Waals surface area (Å²) in [6.45, 7) is -0.296. The number of imidazole rings is 1. The van der Waals surface area contributed by atoms with E-state index in [1.165, 1.54) is 35.4 Å². The Labute approximate surface area is 233 Å². The molecule has 0 spiro atoms. The fraction of sp³-hybridized carbons (Fsp3) is 0.0690. The van der Waals surface area contributed by atoms with Crippen molar-refractivity contribution in [3.8, 4) is 16.9 Å². The second-order valence-corrected chi connectivity index (χ2v) is 9.42. The molecule has 2 amide bonds. The van der Waals surface area contributed by atoms with Crippen LogP contribution in [0.5, 0.6) is 0 Å². The van der Waals surface area contributed by atoms with E-state index in [-0.39, 0.29) is 35.4 Å². The predicted molar refractivity (Wildman–Crippen MR) is 147 cm³/mol. The minimum absolute atomic E-state index is 0.0277. The molecule has 0 saturated heterocycles. The monoisotopic (exact) mass is 562 g/mol. The number of hydrogen-bond acceptors (Lipinski definition) is 4. The number of aromatic nitrogens is 2. The summed E-state index contributed by atoms with van der Waals surface area (Å²) >= 11 is 12.3. The molecule has 196 valence electrons. The molecular weight excluding hydrogens is 542 g/mol. The normalized spacial score (nSPS) is 10.8. The molecular formula is C29H21Cl2FN4O3. The third-order valence-corrected chi connectivity index (χ3v) is 6.39. The highest BCUT2D eigenvalue weighted by Gasteiger charge is 2.24. The fourth-order valence-corrected chi connectivity index (χ4v) is 4.47. The molecule has 0 saturated carbocycles. The number of carbonyl (C=O) groups is 2. The third-order valence-electron chi connectivity index (χ3n) is 5.84. The summed E-state index contributed by atoms with van der Waals surface area (Å²) in [4.78, 5) is 32.6. The summed E-state index contributed by atoms with van der Waals surface area (Å²) in [6, 6.07) is 23.2. The maximum absolute atomic E-state index is 13.6. The number of amides is 2. The molecule has 2 aromatic heterocycles. The highest BCUT2D eigenvalue weighted by atomic mass is 35.5. The van der Waals surface area contributed by atoms with Gasteiger partial charge in [0.05, 0.1) is 29.1 Å². The fourth-order valence-electron chi connectivity index (χ4n) is 3.98. The van der Waals surface area contributed by atoms with E-state index in [0.29, 0.717) is 22.2 Å². The van der Waals surface area contributed by atoms with Gasteiger partial charge >= 0.3 is 0 Å². The van der Waals surface area contributed by atoms with Crippen LogP contribution in [0.25, 0.3) is 16.9 Å². The predicted octanol–water partition coefficient (Wildman–Crippen LogP) is 6.86. The number of rotatable bonds is 8. The number of carbonyl (C=O) groups excluding carboxylic acids is 2. The Morgan fingerprint density at radius 2 is 1.74 bits per heavy atom. The first-order valence-electron chi connectivity index (χ1n) is 11.8. The van der Waals surface area contributed by atoms with Gasteiger partial charge in [-0.1, -0.05) is 53.5 Å². The van der Waals surface area contributed by atoms with Crippen molar-refractivity contribution in [3.05, 3.63) is 125 Å². The molecule has 5 aromatic rings. The minimum Gasteiger partial charge on any atom is -0.467 e. The maximum atomic E-state index is 13.6. The highest BCUT2D eigenvalue weighted by Crippen LogP contribution is 2.26. The van der Waals surface area contributed by atoms with Crippen molar-refractivity contribution >= 4 is 41.0 Å². The molecule has 10 heteroatoms. The molecule has 2 heterocycles. The van der Waals surface area contributed by atoms with Crippen LogP contribution in [0.1, 0.15) is 16.1 Å². The first-order chi connectivity index (χ1) is 18.9. The lowest BCUT2D eigenvalue weighted by Crippen LogP contribution is -2.38. The van der Waals surface area contributed by atoms with E-state index in [1.54, 1.807) is 41.1 Å². The summed E-state index contributed by atoms with van der Waals surface area (Å²) in [5, 5.41) is 3.34. The molecule has 0 bridgehead atoms. The van der Waals surface area contributed by atoms with Crippen LogP contribution in [-0.2, 0) is 11.3 Å². The molecule has 0 aliphatic heterocycles. The lowest BCUT2D eigenvalue weighted by molar-refractivity contribution is -0.117. The van der Waals surface area contributed by atoms with Crippen LogP contribution in [0.15, 0.2) is 102 Å². The Balaban J connectivity index is 1.44. The second-order valence-electron chi connectivity index (χ2n) is 8.58. The summed E-state index contributed by atoms with van der Waals surface area (Å²) in [5.41, 5.74) is 2.23. The Kier molecular flexibility index (Phi) is 7.76. The topological polar surface area (TPSA) is 80.4 Å². The molecule has 0 aliphatic carbocycles. The first kappa shape index (κ1) is 26.2. The van der Waals surface area contributed by atoms with Crippen LogP contribution in [0.4, 0.5) is 10.3 Å². The molecule has 0 radical (unpaired) electrons. The number of nitrogens with one attached hydrogen (secondary N) is 1. The zero-order valence-corrected chi connectivity index (χ0v) is 21.9. The van der Waals surface area contributed by atoms with Gasteiger partial charge in [-0.2, -0.15) is 0 Å². The summed E-state index contributed by atoms with van der Waals surface area (Å²) in [6.07, 6.45) is 3.23. The van der Waals surface area contributed by atoms with E-state index < -0.39 is 11.8 Å². The Bertz CT molecular complexity index is 1600. The van der Waals surface area contributed by atoms with E-state index >= 15 is 0 Å². The molecule has 0 atom stereocenters. The van der Waals surface area contributed by atoms with E-state index in [2.05, 4.69) is 10.3 Å². The molecule has 0 fully saturated rings. The van der Waals surface area contributed by atoms with Gasteiger partial charge in [-0.05, 0) is 54.6 Å². The number of furan rings is 1. The Morgan fingerprint density at radius 1 is 0.974 bits per heavy atom. The maximum Gasteiger partial charge on any atom is 0.256 e. The zero-order valence-electron chi connectivity index (χ0n) is 20.4. The van der Waals surface area contributed by atoms with Gasteiger partial charge in [0.25, 0.3) is 5.91 Å². The average molecular weight is 563 g/mol. The van der Waals surface area contributed by atoms with Gasteiger partial charge in [-0.25, -0.2) is 9.37 Å². The smallest absolute Gasteiger partial charge is 0.256 e. The zero-order chi connectivity index (χ0) is 27.4. The molecule has 5 rings (SSSR count). The van der Waals surface area contributed by atoms with E-state index in [0.717, 1.165) is 5.56 Å². The largest absolute Gasteiger partial charge is 0.467 e. The van der Waals surface area contributed by atoms with Gasteiger partial charge in [-0.15, -0.1) is 0 Å². The molecule has 0 unspecified atom stereocenters. The lowest BCUT2D eigenvalue weighted by Gasteiger charge is -2.22. The molecule has 1 N–H and O–H groups in total. The summed E-state index contributed by atoms with van der Waals surface area (Å²) in [5.74, 6) is -0.676. The highest BCUT2D eigenvalue weighted by molar-refractivity contribution is 6.36. The van der Waals surface area contributed by atoms with Crippen molar-refractivity contribution in [2.45, 2.75) is 6.54 Å². The van der Waals surface area contributed by atoms with Gasteiger partial charge in [0.1, 0.15) is 18.1 Å². The van der Waals surface area contributed by atoms with Crippen molar-refractivity contribution in [1.29, 1.82) is 0 Å². The summed E-state index contributed by atoms with van der Waals surface area (Å²) in [7, 11) is 0. The molecule has 39 heavy (non-hydrogen) atoms. The van der Waals surface area contributed by atoms with Gasteiger partial charge in [0.2, 0.25) is 11.9 Å². The molecule has 0 aliphatic rings. The van der Waals surface area contributed by atoms with E-state index in [9.17, 15) is 14.0 Å². The van der Waals surface area contributed by atoms with Crippen molar-refractivity contribution < 1.29 is 18.4 Å². The third kappa shape index (κ3) is 6.19. The van der Waals surface area contributed by atoms with Gasteiger partial charge in [0, 0.05) is 22.5 Å². The average Bonchev–Trinajstić information content (AvgIpc) is 3.59. The molecule has 3 aromatic carbocycles. The van der Waals surface area contributed by atoms with Crippen molar-refractivity contribution in [2.75, 3.05) is 11.9 Å². The Hall–Kier alpha value is -4.40. The van der Waals surface area contributed by atoms with Crippen LogP contribution in [0.2, 0.25) is 10.0 Å². The van der Waals surface area contributed by atoms with Crippen LogP contribution in [0.3, 0.4) is 0 Å². The van der Waals surface area contributed by atoms with Gasteiger partial charge in [-0.3, -0.25) is 19.5 Å². The van der Waals surface area contributed by atoms with Crippen molar-refractivity contribution in [2.24, 2.45) is 0 Å². The van der Waals surface area contributed by atoms with Crippen molar-refractivity contribution in [3.63, 3.8) is 0 Å². The van der Waals surface area contributed by atoms with Gasteiger partial charge in [0.15, 0.2) is 0 Å². The van der Waals surface area contributed by atoms with E-state index in [1.807, 2.05) is 30.3 Å². The number of anilines is 1. The van der Waals surface area contributed by atoms with Gasteiger partial charge < -0.3 is 9.32 Å². The number of hydrogen-bond donors (Lipinski definition) is 1. The lowest BCUT2D eigenvalue weighted by atomic mass is 10.2. The van der Waals surface area contributed by atoms with Crippen LogP contribution >= 0.6 is 23.2 Å². The van der Waals surface area contributed by atoms with Crippen LogP contribution < -0.4 is 5.32 Å². The van der Waals surface area contributed by atoms with Crippen LogP contribution in [-0.4, -0.2) is 32.8 Å². The second kappa shape index (κ2) is 11.6. The number of benzene rings is 3.